The SMILES string of the molecule is Cc1nc2sccn2c1CNCC(C)(C)c1ccccc1. The maximum Gasteiger partial charge on any atom is 0.194 e. The minimum absolute atomic E-state index is 0.119. The van der Waals surface area contributed by atoms with Crippen molar-refractivity contribution in [1.29, 1.82) is 0 Å². The summed E-state index contributed by atoms with van der Waals surface area (Å²) in [7, 11) is 0. The van der Waals surface area contributed by atoms with Crippen molar-refractivity contribution in [3.8, 4) is 0 Å². The summed E-state index contributed by atoms with van der Waals surface area (Å²) in [5, 5.41) is 5.68. The second-order valence-corrected chi connectivity index (χ2v) is 6.93. The van der Waals surface area contributed by atoms with Gasteiger partial charge in [0.15, 0.2) is 4.96 Å². The fourth-order valence-corrected chi connectivity index (χ4v) is 3.42. The minimum atomic E-state index is 0.119. The highest BCUT2D eigenvalue weighted by atomic mass is 32.1. The van der Waals surface area contributed by atoms with Crippen LogP contribution < -0.4 is 5.32 Å². The Morgan fingerprint density at radius 3 is 2.76 bits per heavy atom. The van der Waals surface area contributed by atoms with Crippen molar-refractivity contribution < 1.29 is 0 Å². The van der Waals surface area contributed by atoms with Crippen LogP contribution in [0, 0.1) is 6.92 Å². The molecule has 0 spiro atoms. The summed E-state index contributed by atoms with van der Waals surface area (Å²) in [5.41, 5.74) is 3.86. The van der Waals surface area contributed by atoms with Crippen LogP contribution in [-0.4, -0.2) is 15.9 Å². The number of imidazole rings is 1. The molecule has 0 bridgehead atoms. The number of nitrogens with one attached hydrogen (secondary N) is 1. The molecule has 0 atom stereocenters. The summed E-state index contributed by atoms with van der Waals surface area (Å²) in [6, 6.07) is 10.7. The first-order chi connectivity index (χ1) is 10.1. The van der Waals surface area contributed by atoms with E-state index in [-0.39, 0.29) is 5.41 Å². The van der Waals surface area contributed by atoms with Crippen LogP contribution in [0.2, 0.25) is 0 Å². The molecule has 1 aromatic carbocycles. The van der Waals surface area contributed by atoms with Crippen molar-refractivity contribution in [2.45, 2.75) is 32.7 Å². The number of hydrogen-bond acceptors (Lipinski definition) is 3. The van der Waals surface area contributed by atoms with Crippen molar-refractivity contribution in [3.63, 3.8) is 0 Å². The minimum Gasteiger partial charge on any atom is -0.310 e. The van der Waals surface area contributed by atoms with E-state index >= 15 is 0 Å². The van der Waals surface area contributed by atoms with E-state index < -0.39 is 0 Å². The second kappa shape index (κ2) is 5.62. The summed E-state index contributed by atoms with van der Waals surface area (Å²) in [6.07, 6.45) is 2.10. The third-order valence-electron chi connectivity index (χ3n) is 3.98. The number of nitrogens with zero attached hydrogens (tertiary/aromatic N) is 2. The van der Waals surface area contributed by atoms with Gasteiger partial charge in [0.05, 0.1) is 11.4 Å². The molecule has 3 nitrogen and oxygen atoms in total. The van der Waals surface area contributed by atoms with Crippen LogP contribution in [0.4, 0.5) is 0 Å². The Balaban J connectivity index is 1.68. The average Bonchev–Trinajstić information content (AvgIpc) is 3.02. The molecule has 0 unspecified atom stereocenters. The number of benzene rings is 1. The zero-order chi connectivity index (χ0) is 14.9. The van der Waals surface area contributed by atoms with Gasteiger partial charge in [-0.15, -0.1) is 11.3 Å². The fraction of sp³-hybridized carbons (Fsp3) is 0.353. The Morgan fingerprint density at radius 1 is 1.24 bits per heavy atom. The lowest BCUT2D eigenvalue weighted by Crippen LogP contribution is -2.33. The maximum absolute atomic E-state index is 4.59. The van der Waals surface area contributed by atoms with Gasteiger partial charge in [-0.25, -0.2) is 4.98 Å². The smallest absolute Gasteiger partial charge is 0.194 e. The highest BCUT2D eigenvalue weighted by Crippen LogP contribution is 2.22. The van der Waals surface area contributed by atoms with Crippen molar-refractivity contribution >= 4 is 16.3 Å². The van der Waals surface area contributed by atoms with Gasteiger partial charge in [0, 0.05) is 30.1 Å². The molecule has 4 heteroatoms. The molecule has 0 fully saturated rings. The van der Waals surface area contributed by atoms with E-state index in [4.69, 9.17) is 0 Å². The monoisotopic (exact) mass is 299 g/mol. The summed E-state index contributed by atoms with van der Waals surface area (Å²) < 4.78 is 2.18. The first-order valence-corrected chi connectivity index (χ1v) is 8.13. The van der Waals surface area contributed by atoms with Crippen LogP contribution in [0.3, 0.4) is 0 Å². The zero-order valence-corrected chi connectivity index (χ0v) is 13.6. The van der Waals surface area contributed by atoms with Gasteiger partial charge in [0.25, 0.3) is 0 Å². The number of fused-ring (bicyclic) bond motifs is 1. The van der Waals surface area contributed by atoms with E-state index in [2.05, 4.69) is 77.4 Å². The standard InChI is InChI=1S/C17H21N3S/c1-13-15(20-9-10-21-16(20)19-13)11-18-12-17(2,3)14-7-5-4-6-8-14/h4-10,18H,11-12H2,1-3H3. The van der Waals surface area contributed by atoms with Gasteiger partial charge in [-0.2, -0.15) is 0 Å². The highest BCUT2D eigenvalue weighted by Gasteiger charge is 2.20. The van der Waals surface area contributed by atoms with Crippen molar-refractivity contribution in [2.75, 3.05) is 6.54 Å². The Bertz CT molecular complexity index is 725. The topological polar surface area (TPSA) is 29.3 Å². The van der Waals surface area contributed by atoms with Gasteiger partial charge in [0.2, 0.25) is 0 Å². The molecular formula is C17H21N3S. The molecule has 0 saturated carbocycles. The number of aryl methyl sites for hydroxylation is 1. The lowest BCUT2D eigenvalue weighted by molar-refractivity contribution is 0.466. The molecule has 0 saturated heterocycles. The van der Waals surface area contributed by atoms with E-state index in [1.54, 1.807) is 11.3 Å². The quantitative estimate of drug-likeness (QED) is 0.777. The van der Waals surface area contributed by atoms with Crippen LogP contribution in [-0.2, 0) is 12.0 Å². The molecule has 1 N–H and O–H groups in total. The van der Waals surface area contributed by atoms with Crippen molar-refractivity contribution in [2.24, 2.45) is 0 Å². The molecule has 2 heterocycles. The molecule has 0 amide bonds. The summed E-state index contributed by atoms with van der Waals surface area (Å²) >= 11 is 1.68. The Kier molecular flexibility index (Phi) is 3.83. The summed E-state index contributed by atoms with van der Waals surface area (Å²) in [4.78, 5) is 5.66. The van der Waals surface area contributed by atoms with Gasteiger partial charge in [-0.05, 0) is 12.5 Å². The normalized spacial score (nSPS) is 12.1. The molecule has 110 valence electrons. The zero-order valence-electron chi connectivity index (χ0n) is 12.8. The predicted molar refractivity (Wildman–Crippen MR) is 89.0 cm³/mol. The predicted octanol–water partition coefficient (Wildman–Crippen LogP) is 3.77. The lowest BCUT2D eigenvalue weighted by atomic mass is 9.84. The summed E-state index contributed by atoms with van der Waals surface area (Å²) in [6.45, 7) is 8.42. The van der Waals surface area contributed by atoms with E-state index in [0.717, 1.165) is 23.7 Å². The van der Waals surface area contributed by atoms with Gasteiger partial charge in [-0.1, -0.05) is 44.2 Å². The van der Waals surface area contributed by atoms with Crippen LogP contribution in [0.15, 0.2) is 41.9 Å². The number of aromatic nitrogens is 2. The molecular weight excluding hydrogens is 278 g/mol. The maximum atomic E-state index is 4.59. The Labute approximate surface area is 129 Å². The molecule has 3 aromatic rings. The Hall–Kier alpha value is -1.65. The van der Waals surface area contributed by atoms with Gasteiger partial charge in [0.1, 0.15) is 0 Å². The van der Waals surface area contributed by atoms with E-state index in [9.17, 15) is 0 Å². The van der Waals surface area contributed by atoms with Crippen LogP contribution in [0.1, 0.15) is 30.8 Å². The van der Waals surface area contributed by atoms with Crippen molar-refractivity contribution in [1.82, 2.24) is 14.7 Å². The summed E-state index contributed by atoms with van der Waals surface area (Å²) in [5.74, 6) is 0. The molecule has 2 aromatic heterocycles. The fourth-order valence-electron chi connectivity index (χ4n) is 2.64. The Morgan fingerprint density at radius 2 is 2.00 bits per heavy atom. The molecule has 0 aliphatic rings. The van der Waals surface area contributed by atoms with Gasteiger partial charge in [-0.3, -0.25) is 4.40 Å². The molecule has 0 aliphatic carbocycles. The molecule has 3 rings (SSSR count). The van der Waals surface area contributed by atoms with Crippen molar-refractivity contribution in [3.05, 3.63) is 58.9 Å². The number of rotatable bonds is 5. The molecule has 0 aliphatic heterocycles. The molecule has 21 heavy (non-hydrogen) atoms. The average molecular weight is 299 g/mol. The first kappa shape index (κ1) is 14.3. The molecule has 0 radical (unpaired) electrons. The van der Waals surface area contributed by atoms with Gasteiger partial charge < -0.3 is 5.32 Å². The van der Waals surface area contributed by atoms with Crippen LogP contribution in [0.25, 0.3) is 4.96 Å². The third kappa shape index (κ3) is 2.87. The largest absolute Gasteiger partial charge is 0.310 e. The van der Waals surface area contributed by atoms with Crippen LogP contribution >= 0.6 is 11.3 Å². The highest BCUT2D eigenvalue weighted by molar-refractivity contribution is 7.15. The lowest BCUT2D eigenvalue weighted by Gasteiger charge is -2.25. The van der Waals surface area contributed by atoms with E-state index in [1.165, 1.54) is 11.3 Å². The van der Waals surface area contributed by atoms with E-state index in [1.807, 2.05) is 0 Å². The first-order valence-electron chi connectivity index (χ1n) is 7.25. The second-order valence-electron chi connectivity index (χ2n) is 6.05. The van der Waals surface area contributed by atoms with Gasteiger partial charge >= 0.3 is 0 Å². The van der Waals surface area contributed by atoms with E-state index in [0.29, 0.717) is 0 Å². The number of thiazole rings is 1. The number of hydrogen-bond donors (Lipinski definition) is 1. The van der Waals surface area contributed by atoms with Crippen LogP contribution in [0.5, 0.6) is 0 Å². The third-order valence-corrected chi connectivity index (χ3v) is 4.73.